The topological polar surface area (TPSA) is 76.2 Å². The molecule has 0 atom stereocenters. The smallest absolute Gasteiger partial charge is 0.241 e. The molecule has 1 aromatic heterocycles. The van der Waals surface area contributed by atoms with Crippen LogP contribution in [-0.4, -0.2) is 40.3 Å². The molecular weight excluding hydrogens is 421 g/mol. The summed E-state index contributed by atoms with van der Waals surface area (Å²) in [5.41, 5.74) is 10.0. The van der Waals surface area contributed by atoms with Gasteiger partial charge in [-0.05, 0) is 42.0 Å². The van der Waals surface area contributed by atoms with Crippen LogP contribution in [0, 0.1) is 0 Å². The summed E-state index contributed by atoms with van der Waals surface area (Å²) in [6.45, 7) is 2.04. The van der Waals surface area contributed by atoms with Crippen LogP contribution >= 0.6 is 23.2 Å². The Hall–Kier alpha value is -2.70. The molecule has 2 aromatic carbocycles. The van der Waals surface area contributed by atoms with Gasteiger partial charge in [-0.3, -0.25) is 4.79 Å². The van der Waals surface area contributed by atoms with Crippen LogP contribution in [0.1, 0.15) is 11.4 Å². The SMILES string of the molecule is Cn1c(CNc2cccc(/C=C/C(N)=O)c2)nc2cc(N(CCCl)CCCl)ccc21. The van der Waals surface area contributed by atoms with E-state index < -0.39 is 5.91 Å². The number of nitrogens with zero attached hydrogens (tertiary/aromatic N) is 3. The van der Waals surface area contributed by atoms with Gasteiger partial charge in [0.2, 0.25) is 5.91 Å². The molecule has 6 nitrogen and oxygen atoms in total. The number of nitrogens with two attached hydrogens (primary N) is 1. The standard InChI is InChI=1S/C22H25Cl2N5O/c1-28-20-7-6-18(29(11-9-23)12-10-24)14-19(20)27-22(28)15-26-17-4-2-3-16(13-17)5-8-21(25)30/h2-8,13-14,26H,9-12,15H2,1H3,(H2,25,30)/b8-5+. The molecule has 0 unspecified atom stereocenters. The van der Waals surface area contributed by atoms with E-state index in [0.29, 0.717) is 18.3 Å². The summed E-state index contributed by atoms with van der Waals surface area (Å²) in [5, 5.41) is 3.39. The normalized spacial score (nSPS) is 11.3. The van der Waals surface area contributed by atoms with Crippen LogP contribution in [0.4, 0.5) is 11.4 Å². The highest BCUT2D eigenvalue weighted by Crippen LogP contribution is 2.23. The highest BCUT2D eigenvalue weighted by atomic mass is 35.5. The third kappa shape index (κ3) is 5.46. The van der Waals surface area contributed by atoms with Crippen LogP contribution in [0.5, 0.6) is 0 Å². The molecule has 3 rings (SSSR count). The number of alkyl halides is 2. The molecule has 0 bridgehead atoms. The van der Waals surface area contributed by atoms with Gasteiger partial charge in [0.15, 0.2) is 0 Å². The van der Waals surface area contributed by atoms with Gasteiger partial charge in [0.05, 0.1) is 17.6 Å². The number of aryl methyl sites for hydroxylation is 1. The molecule has 0 spiro atoms. The summed E-state index contributed by atoms with van der Waals surface area (Å²) < 4.78 is 2.08. The number of aromatic nitrogens is 2. The Bertz CT molecular complexity index is 1040. The van der Waals surface area contributed by atoms with E-state index in [1.54, 1.807) is 6.08 Å². The first-order valence-corrected chi connectivity index (χ1v) is 10.7. The van der Waals surface area contributed by atoms with Gasteiger partial charge in [-0.1, -0.05) is 12.1 Å². The summed E-state index contributed by atoms with van der Waals surface area (Å²) in [6, 6.07) is 14.0. The highest BCUT2D eigenvalue weighted by Gasteiger charge is 2.11. The number of hydrogen-bond acceptors (Lipinski definition) is 4. The molecular formula is C22H25Cl2N5O. The number of amides is 1. The molecule has 3 N–H and O–H groups in total. The van der Waals surface area contributed by atoms with Crippen molar-refractivity contribution < 1.29 is 4.79 Å². The maximum absolute atomic E-state index is 10.9. The highest BCUT2D eigenvalue weighted by molar-refractivity contribution is 6.18. The second-order valence-electron chi connectivity index (χ2n) is 6.84. The van der Waals surface area contributed by atoms with Crippen molar-refractivity contribution in [3.63, 3.8) is 0 Å². The summed E-state index contributed by atoms with van der Waals surface area (Å²) in [5.74, 6) is 1.53. The molecule has 0 radical (unpaired) electrons. The van der Waals surface area contributed by atoms with Crippen molar-refractivity contribution >= 4 is 57.6 Å². The summed E-state index contributed by atoms with van der Waals surface area (Å²) in [4.78, 5) is 17.9. The average molecular weight is 446 g/mol. The minimum atomic E-state index is -0.469. The van der Waals surface area contributed by atoms with Crippen LogP contribution in [0.3, 0.4) is 0 Å². The average Bonchev–Trinajstić information content (AvgIpc) is 3.06. The van der Waals surface area contributed by atoms with Crippen LogP contribution in [0.15, 0.2) is 48.5 Å². The molecule has 3 aromatic rings. The quantitative estimate of drug-likeness (QED) is 0.365. The second kappa shape index (κ2) is 10.4. The molecule has 30 heavy (non-hydrogen) atoms. The van der Waals surface area contributed by atoms with Crippen LogP contribution in [-0.2, 0) is 18.4 Å². The molecule has 0 aliphatic heterocycles. The fourth-order valence-corrected chi connectivity index (χ4v) is 3.69. The van der Waals surface area contributed by atoms with Gasteiger partial charge in [0.25, 0.3) is 0 Å². The van der Waals surface area contributed by atoms with E-state index in [1.165, 1.54) is 6.08 Å². The largest absolute Gasteiger partial charge is 0.378 e. The zero-order valence-electron chi connectivity index (χ0n) is 16.8. The minimum absolute atomic E-state index is 0.469. The monoisotopic (exact) mass is 445 g/mol. The van der Waals surface area contributed by atoms with Gasteiger partial charge in [-0.2, -0.15) is 0 Å². The predicted octanol–water partition coefficient (Wildman–Crippen LogP) is 3.97. The third-order valence-electron chi connectivity index (χ3n) is 4.81. The number of nitrogens with one attached hydrogen (secondary N) is 1. The predicted molar refractivity (Wildman–Crippen MR) is 126 cm³/mol. The number of halogens is 2. The first-order valence-electron chi connectivity index (χ1n) is 9.65. The van der Waals surface area contributed by atoms with E-state index >= 15 is 0 Å². The number of carbonyl (C=O) groups is 1. The minimum Gasteiger partial charge on any atom is -0.378 e. The number of imidazole rings is 1. The van der Waals surface area contributed by atoms with Crippen LogP contribution < -0.4 is 16.0 Å². The van der Waals surface area contributed by atoms with Gasteiger partial charge in [-0.25, -0.2) is 4.98 Å². The lowest BCUT2D eigenvalue weighted by atomic mass is 10.2. The molecule has 0 fully saturated rings. The molecule has 1 amide bonds. The van der Waals surface area contributed by atoms with Crippen molar-refractivity contribution in [2.45, 2.75) is 6.54 Å². The Morgan fingerprint density at radius 2 is 1.97 bits per heavy atom. The van der Waals surface area contributed by atoms with E-state index in [-0.39, 0.29) is 0 Å². The van der Waals surface area contributed by atoms with Crippen molar-refractivity contribution in [2.75, 3.05) is 35.1 Å². The number of anilines is 2. The summed E-state index contributed by atoms with van der Waals surface area (Å²) >= 11 is 11.9. The van der Waals surface area contributed by atoms with Crippen LogP contribution in [0.25, 0.3) is 17.1 Å². The van der Waals surface area contributed by atoms with Gasteiger partial charge in [0.1, 0.15) is 5.82 Å². The number of rotatable bonds is 10. The third-order valence-corrected chi connectivity index (χ3v) is 5.15. The van der Waals surface area contributed by atoms with Crippen molar-refractivity contribution in [1.29, 1.82) is 0 Å². The maximum Gasteiger partial charge on any atom is 0.241 e. The van der Waals surface area contributed by atoms with E-state index in [2.05, 4.69) is 33.0 Å². The van der Waals surface area contributed by atoms with E-state index in [1.807, 2.05) is 31.3 Å². The van der Waals surface area contributed by atoms with Crippen molar-refractivity contribution in [2.24, 2.45) is 12.8 Å². The lowest BCUT2D eigenvalue weighted by molar-refractivity contribution is -0.113. The number of carbonyl (C=O) groups excluding carboxylic acids is 1. The van der Waals surface area contributed by atoms with E-state index in [4.69, 9.17) is 33.9 Å². The van der Waals surface area contributed by atoms with E-state index in [0.717, 1.165) is 46.9 Å². The number of benzene rings is 2. The van der Waals surface area contributed by atoms with Crippen molar-refractivity contribution in [3.8, 4) is 0 Å². The number of hydrogen-bond donors (Lipinski definition) is 2. The number of primary amides is 1. The fourth-order valence-electron chi connectivity index (χ4n) is 3.28. The molecule has 0 aliphatic carbocycles. The zero-order chi connectivity index (χ0) is 21.5. The first kappa shape index (κ1) is 22.0. The Balaban J connectivity index is 1.77. The van der Waals surface area contributed by atoms with Gasteiger partial charge >= 0.3 is 0 Å². The molecule has 0 saturated carbocycles. The summed E-state index contributed by atoms with van der Waals surface area (Å²) in [6.07, 6.45) is 3.04. The zero-order valence-corrected chi connectivity index (χ0v) is 18.3. The van der Waals surface area contributed by atoms with Gasteiger partial charge < -0.3 is 20.5 Å². The first-order chi connectivity index (χ1) is 14.5. The molecule has 0 aliphatic rings. The molecule has 0 saturated heterocycles. The molecule has 158 valence electrons. The van der Waals surface area contributed by atoms with E-state index in [9.17, 15) is 4.79 Å². The molecule has 1 heterocycles. The number of fused-ring (bicyclic) bond motifs is 1. The lowest BCUT2D eigenvalue weighted by Crippen LogP contribution is -2.27. The van der Waals surface area contributed by atoms with Crippen molar-refractivity contribution in [3.05, 3.63) is 59.9 Å². The second-order valence-corrected chi connectivity index (χ2v) is 7.60. The molecule has 8 heteroatoms. The Labute approximate surface area is 186 Å². The Morgan fingerprint density at radius 3 is 2.67 bits per heavy atom. The maximum atomic E-state index is 10.9. The Kier molecular flexibility index (Phi) is 7.60. The van der Waals surface area contributed by atoms with Gasteiger partial charge in [0, 0.05) is 49.3 Å². The fraction of sp³-hybridized carbons (Fsp3) is 0.273. The van der Waals surface area contributed by atoms with Crippen molar-refractivity contribution in [1.82, 2.24) is 9.55 Å². The van der Waals surface area contributed by atoms with Gasteiger partial charge in [-0.15, -0.1) is 23.2 Å². The Morgan fingerprint density at radius 1 is 1.20 bits per heavy atom. The summed E-state index contributed by atoms with van der Waals surface area (Å²) in [7, 11) is 2.01. The van der Waals surface area contributed by atoms with Crippen LogP contribution in [0.2, 0.25) is 0 Å². The lowest BCUT2D eigenvalue weighted by Gasteiger charge is -2.22.